The quantitative estimate of drug-likeness (QED) is 0.813. The number of nitrogens with one attached hydrogen (secondary N) is 1. The molecule has 2 heterocycles. The Labute approximate surface area is 140 Å². The van der Waals surface area contributed by atoms with Gasteiger partial charge in [-0.2, -0.15) is 0 Å². The lowest BCUT2D eigenvalue weighted by molar-refractivity contribution is -0.133. The van der Waals surface area contributed by atoms with Crippen molar-refractivity contribution in [1.29, 1.82) is 0 Å². The van der Waals surface area contributed by atoms with Crippen LogP contribution in [0.5, 0.6) is 5.75 Å². The summed E-state index contributed by atoms with van der Waals surface area (Å²) in [6, 6.07) is 4.96. The number of hydrogen-bond donors (Lipinski definition) is 1. The van der Waals surface area contributed by atoms with Gasteiger partial charge in [-0.3, -0.25) is 19.3 Å². The lowest BCUT2D eigenvalue weighted by Gasteiger charge is -2.35. The van der Waals surface area contributed by atoms with Crippen LogP contribution in [0.15, 0.2) is 18.2 Å². The average molecular weight is 331 g/mol. The molecule has 2 amide bonds. The molecule has 2 aliphatic heterocycles. The fraction of sp³-hybridized carbons (Fsp3) is 0.471. The predicted octanol–water partition coefficient (Wildman–Crippen LogP) is 0.435. The van der Waals surface area contributed by atoms with Gasteiger partial charge in [0.2, 0.25) is 5.91 Å². The number of carbonyl (C=O) groups excluding carboxylic acids is 3. The summed E-state index contributed by atoms with van der Waals surface area (Å²) in [4.78, 5) is 39.9. The standard InChI is InChI=1S/C17H21N3O4/c1-11(21)13-3-4-15-14(9-13)20(17(23)12(2)24-15)10-16(22)19-7-5-18-6-8-19/h3-4,9,12,18H,5-8,10H2,1-2H3/t12-/m1/s1. The number of Topliss-reactive ketones (excluding diaryl/α,β-unsaturated/α-hetero) is 1. The van der Waals surface area contributed by atoms with Crippen molar-refractivity contribution in [3.8, 4) is 5.75 Å². The Morgan fingerprint density at radius 3 is 2.67 bits per heavy atom. The zero-order valence-electron chi connectivity index (χ0n) is 13.9. The van der Waals surface area contributed by atoms with Gasteiger partial charge >= 0.3 is 0 Å². The van der Waals surface area contributed by atoms with Crippen molar-refractivity contribution < 1.29 is 19.1 Å². The van der Waals surface area contributed by atoms with Gasteiger partial charge in [0.25, 0.3) is 5.91 Å². The molecule has 2 aliphatic rings. The lowest BCUT2D eigenvalue weighted by atomic mass is 10.1. The van der Waals surface area contributed by atoms with Gasteiger partial charge in [0.05, 0.1) is 5.69 Å². The van der Waals surface area contributed by atoms with Crippen molar-refractivity contribution in [1.82, 2.24) is 10.2 Å². The van der Waals surface area contributed by atoms with Crippen molar-refractivity contribution in [2.24, 2.45) is 0 Å². The van der Waals surface area contributed by atoms with Gasteiger partial charge in [-0.25, -0.2) is 0 Å². The number of carbonyl (C=O) groups is 3. The molecule has 1 N–H and O–H groups in total. The van der Waals surface area contributed by atoms with Gasteiger partial charge in [-0.05, 0) is 32.0 Å². The van der Waals surface area contributed by atoms with E-state index in [1.165, 1.54) is 11.8 Å². The molecular weight excluding hydrogens is 310 g/mol. The Balaban J connectivity index is 1.88. The summed E-state index contributed by atoms with van der Waals surface area (Å²) in [7, 11) is 0. The molecule has 0 saturated carbocycles. The number of nitrogens with zero attached hydrogens (tertiary/aromatic N) is 2. The summed E-state index contributed by atoms with van der Waals surface area (Å²) in [5.41, 5.74) is 0.966. The zero-order valence-corrected chi connectivity index (χ0v) is 13.9. The normalized spacial score (nSPS) is 20.4. The molecular formula is C17H21N3O4. The molecule has 24 heavy (non-hydrogen) atoms. The van der Waals surface area contributed by atoms with Crippen LogP contribution in [0.25, 0.3) is 0 Å². The molecule has 0 spiro atoms. The highest BCUT2D eigenvalue weighted by Gasteiger charge is 2.34. The molecule has 1 aromatic carbocycles. The van der Waals surface area contributed by atoms with E-state index >= 15 is 0 Å². The van der Waals surface area contributed by atoms with Crippen LogP contribution in [0.4, 0.5) is 5.69 Å². The number of fused-ring (bicyclic) bond motifs is 1. The Morgan fingerprint density at radius 1 is 1.29 bits per heavy atom. The minimum atomic E-state index is -0.656. The van der Waals surface area contributed by atoms with Gasteiger partial charge in [0.1, 0.15) is 12.3 Å². The molecule has 1 saturated heterocycles. The van der Waals surface area contributed by atoms with Crippen LogP contribution in [-0.4, -0.2) is 61.3 Å². The van der Waals surface area contributed by atoms with E-state index in [0.717, 1.165) is 13.1 Å². The number of ether oxygens (including phenoxy) is 1. The Bertz CT molecular complexity index is 682. The lowest BCUT2D eigenvalue weighted by Crippen LogP contribution is -2.53. The van der Waals surface area contributed by atoms with Gasteiger partial charge in [-0.1, -0.05) is 0 Å². The van der Waals surface area contributed by atoms with Crippen LogP contribution in [0.3, 0.4) is 0 Å². The van der Waals surface area contributed by atoms with E-state index in [9.17, 15) is 14.4 Å². The minimum absolute atomic E-state index is 0.0408. The maximum absolute atomic E-state index is 12.5. The van der Waals surface area contributed by atoms with Gasteiger partial charge in [0, 0.05) is 31.7 Å². The number of piperazine rings is 1. The van der Waals surface area contributed by atoms with Crippen molar-refractivity contribution in [2.75, 3.05) is 37.6 Å². The predicted molar refractivity (Wildman–Crippen MR) is 88.3 cm³/mol. The first-order valence-corrected chi connectivity index (χ1v) is 8.09. The molecule has 1 aromatic rings. The fourth-order valence-electron chi connectivity index (χ4n) is 2.94. The van der Waals surface area contributed by atoms with Crippen molar-refractivity contribution in [3.63, 3.8) is 0 Å². The molecule has 0 bridgehead atoms. The van der Waals surface area contributed by atoms with E-state index in [1.54, 1.807) is 30.0 Å². The molecule has 0 aliphatic carbocycles. The SMILES string of the molecule is CC(=O)c1ccc2c(c1)N(CC(=O)N1CCNCC1)C(=O)[C@@H](C)O2. The van der Waals surface area contributed by atoms with E-state index < -0.39 is 6.10 Å². The Kier molecular flexibility index (Phi) is 4.53. The minimum Gasteiger partial charge on any atom is -0.479 e. The van der Waals surface area contributed by atoms with E-state index in [1.807, 2.05) is 0 Å². The number of amides is 2. The largest absolute Gasteiger partial charge is 0.479 e. The second-order valence-electron chi connectivity index (χ2n) is 6.05. The van der Waals surface area contributed by atoms with Gasteiger partial charge < -0.3 is 15.0 Å². The summed E-state index contributed by atoms with van der Waals surface area (Å²) in [5, 5.41) is 3.19. The van der Waals surface area contributed by atoms with Crippen LogP contribution in [0.2, 0.25) is 0 Å². The van der Waals surface area contributed by atoms with Crippen molar-refractivity contribution >= 4 is 23.3 Å². The van der Waals surface area contributed by atoms with Gasteiger partial charge in [-0.15, -0.1) is 0 Å². The van der Waals surface area contributed by atoms with Gasteiger partial charge in [0.15, 0.2) is 11.9 Å². The molecule has 0 radical (unpaired) electrons. The molecule has 1 fully saturated rings. The third kappa shape index (κ3) is 3.12. The maximum Gasteiger partial charge on any atom is 0.268 e. The first kappa shape index (κ1) is 16.4. The fourth-order valence-corrected chi connectivity index (χ4v) is 2.94. The van der Waals surface area contributed by atoms with Crippen LogP contribution in [0, 0.1) is 0 Å². The average Bonchev–Trinajstić information content (AvgIpc) is 2.59. The van der Waals surface area contributed by atoms with Crippen molar-refractivity contribution in [2.45, 2.75) is 20.0 Å². The van der Waals surface area contributed by atoms with E-state index in [2.05, 4.69) is 5.32 Å². The number of anilines is 1. The highest BCUT2D eigenvalue weighted by molar-refractivity contribution is 6.05. The van der Waals surface area contributed by atoms with E-state index in [4.69, 9.17) is 4.74 Å². The number of ketones is 1. The highest BCUT2D eigenvalue weighted by Crippen LogP contribution is 2.35. The highest BCUT2D eigenvalue weighted by atomic mass is 16.5. The van der Waals surface area contributed by atoms with E-state index in [0.29, 0.717) is 30.1 Å². The molecule has 0 unspecified atom stereocenters. The monoisotopic (exact) mass is 331 g/mol. The zero-order chi connectivity index (χ0) is 17.3. The first-order valence-electron chi connectivity index (χ1n) is 8.09. The summed E-state index contributed by atoms with van der Waals surface area (Å²) in [6.45, 7) is 5.86. The van der Waals surface area contributed by atoms with E-state index in [-0.39, 0.29) is 24.1 Å². The molecule has 128 valence electrons. The smallest absolute Gasteiger partial charge is 0.268 e. The van der Waals surface area contributed by atoms with Crippen LogP contribution >= 0.6 is 0 Å². The molecule has 0 aromatic heterocycles. The third-order valence-corrected chi connectivity index (χ3v) is 4.34. The van der Waals surface area contributed by atoms with Crippen LogP contribution < -0.4 is 15.0 Å². The number of benzene rings is 1. The van der Waals surface area contributed by atoms with Crippen LogP contribution in [-0.2, 0) is 9.59 Å². The molecule has 7 nitrogen and oxygen atoms in total. The summed E-state index contributed by atoms with van der Waals surface area (Å²) >= 11 is 0. The topological polar surface area (TPSA) is 79.0 Å². The molecule has 7 heteroatoms. The first-order chi connectivity index (χ1) is 11.5. The number of rotatable bonds is 3. The Morgan fingerprint density at radius 2 is 2.00 bits per heavy atom. The second-order valence-corrected chi connectivity index (χ2v) is 6.05. The van der Waals surface area contributed by atoms with Crippen molar-refractivity contribution in [3.05, 3.63) is 23.8 Å². The summed E-state index contributed by atoms with van der Waals surface area (Å²) in [5.74, 6) is 0.0438. The second kappa shape index (κ2) is 6.60. The number of hydrogen-bond acceptors (Lipinski definition) is 5. The maximum atomic E-state index is 12.5. The molecule has 3 rings (SSSR count). The molecule has 1 atom stereocenters. The Hall–Kier alpha value is -2.41. The third-order valence-electron chi connectivity index (χ3n) is 4.34. The summed E-state index contributed by atoms with van der Waals surface area (Å²) in [6.07, 6.45) is -0.656. The summed E-state index contributed by atoms with van der Waals surface area (Å²) < 4.78 is 5.60. The van der Waals surface area contributed by atoms with Crippen LogP contribution in [0.1, 0.15) is 24.2 Å².